The van der Waals surface area contributed by atoms with Crippen LogP contribution in [-0.4, -0.2) is 43.7 Å². The number of carbonyl (C=O) groups excluding carboxylic acids is 1. The van der Waals surface area contributed by atoms with Crippen LogP contribution < -0.4 is 15.0 Å². The van der Waals surface area contributed by atoms with Gasteiger partial charge in [0.25, 0.3) is 0 Å². The van der Waals surface area contributed by atoms with Gasteiger partial charge in [-0.1, -0.05) is 44.2 Å². The molecule has 0 saturated carbocycles. The molecule has 0 bridgehead atoms. The third kappa shape index (κ3) is 4.41. The fraction of sp³-hybridized carbons (Fsp3) is 0.435. The van der Waals surface area contributed by atoms with E-state index in [0.29, 0.717) is 19.7 Å². The van der Waals surface area contributed by atoms with E-state index in [2.05, 4.69) is 48.3 Å². The summed E-state index contributed by atoms with van der Waals surface area (Å²) in [5.41, 5.74) is 4.48. The number of hydrogen-bond acceptors (Lipinski definition) is 3. The molecule has 5 nitrogen and oxygen atoms in total. The minimum Gasteiger partial charge on any atom is -0.492 e. The molecule has 2 amide bonds. The van der Waals surface area contributed by atoms with E-state index < -0.39 is 0 Å². The molecule has 1 saturated heterocycles. The summed E-state index contributed by atoms with van der Waals surface area (Å²) in [4.78, 5) is 17.1. The number of nitrogens with one attached hydrogen (secondary N) is 1. The van der Waals surface area contributed by atoms with Crippen molar-refractivity contribution in [2.75, 3.05) is 43.0 Å². The van der Waals surface area contributed by atoms with Gasteiger partial charge in [0.1, 0.15) is 5.75 Å². The van der Waals surface area contributed by atoms with E-state index in [4.69, 9.17) is 4.74 Å². The minimum absolute atomic E-state index is 0.00616. The van der Waals surface area contributed by atoms with Crippen molar-refractivity contribution in [2.24, 2.45) is 0 Å². The number of nitrogens with zero attached hydrogens (tertiary/aromatic N) is 2. The van der Waals surface area contributed by atoms with Crippen molar-refractivity contribution in [3.63, 3.8) is 0 Å². The van der Waals surface area contributed by atoms with Crippen LogP contribution in [0.2, 0.25) is 0 Å². The number of piperazine rings is 1. The monoisotopic (exact) mass is 381 g/mol. The second-order valence-electron chi connectivity index (χ2n) is 6.96. The van der Waals surface area contributed by atoms with Crippen LogP contribution in [0.1, 0.15) is 31.9 Å². The Hall–Kier alpha value is -2.69. The van der Waals surface area contributed by atoms with Crippen LogP contribution in [0.5, 0.6) is 5.75 Å². The Bertz CT molecular complexity index is 776. The van der Waals surface area contributed by atoms with Crippen LogP contribution in [0.15, 0.2) is 42.5 Å². The number of para-hydroxylation sites is 3. The molecule has 0 aliphatic carbocycles. The lowest BCUT2D eigenvalue weighted by atomic mass is 10.0. The summed E-state index contributed by atoms with van der Waals surface area (Å²) in [6.45, 7) is 9.89. The van der Waals surface area contributed by atoms with Crippen molar-refractivity contribution in [1.82, 2.24) is 4.90 Å². The van der Waals surface area contributed by atoms with Crippen molar-refractivity contribution in [2.45, 2.75) is 33.6 Å². The molecule has 0 radical (unpaired) electrons. The zero-order valence-electron chi connectivity index (χ0n) is 17.2. The van der Waals surface area contributed by atoms with Gasteiger partial charge < -0.3 is 19.9 Å². The maximum atomic E-state index is 12.9. The highest BCUT2D eigenvalue weighted by Crippen LogP contribution is 2.29. The van der Waals surface area contributed by atoms with E-state index in [1.165, 1.54) is 11.1 Å². The van der Waals surface area contributed by atoms with Crippen molar-refractivity contribution >= 4 is 17.4 Å². The smallest absolute Gasteiger partial charge is 0.321 e. The van der Waals surface area contributed by atoms with Crippen molar-refractivity contribution in [3.05, 3.63) is 53.6 Å². The molecule has 1 aliphatic heterocycles. The average Bonchev–Trinajstić information content (AvgIpc) is 2.74. The lowest BCUT2D eigenvalue weighted by molar-refractivity contribution is 0.208. The van der Waals surface area contributed by atoms with E-state index in [-0.39, 0.29) is 6.03 Å². The van der Waals surface area contributed by atoms with Crippen LogP contribution in [0.4, 0.5) is 16.2 Å². The van der Waals surface area contributed by atoms with Gasteiger partial charge in [0.05, 0.1) is 12.3 Å². The number of hydrogen-bond donors (Lipinski definition) is 1. The number of carbonyl (C=O) groups is 1. The summed E-state index contributed by atoms with van der Waals surface area (Å²) in [5.74, 6) is 0.910. The molecule has 150 valence electrons. The summed E-state index contributed by atoms with van der Waals surface area (Å²) < 4.78 is 5.76. The number of anilines is 2. The number of aryl methyl sites for hydroxylation is 2. The molecule has 1 aliphatic rings. The predicted octanol–water partition coefficient (Wildman–Crippen LogP) is 4.56. The van der Waals surface area contributed by atoms with Crippen molar-refractivity contribution in [1.29, 1.82) is 0 Å². The third-order valence-electron chi connectivity index (χ3n) is 5.30. The number of rotatable bonds is 6. The molecule has 2 aromatic carbocycles. The van der Waals surface area contributed by atoms with E-state index in [1.807, 2.05) is 30.0 Å². The molecule has 0 atom stereocenters. The van der Waals surface area contributed by atoms with E-state index >= 15 is 0 Å². The Labute approximate surface area is 168 Å². The summed E-state index contributed by atoms with van der Waals surface area (Å²) in [5, 5.41) is 3.18. The fourth-order valence-corrected chi connectivity index (χ4v) is 3.74. The van der Waals surface area contributed by atoms with E-state index in [9.17, 15) is 4.79 Å². The fourth-order valence-electron chi connectivity index (χ4n) is 3.74. The lowest BCUT2D eigenvalue weighted by Gasteiger charge is -2.36. The molecule has 0 unspecified atom stereocenters. The van der Waals surface area contributed by atoms with E-state index in [1.54, 1.807) is 0 Å². The highest BCUT2D eigenvalue weighted by Gasteiger charge is 2.23. The van der Waals surface area contributed by atoms with Crippen LogP contribution in [0.3, 0.4) is 0 Å². The van der Waals surface area contributed by atoms with Crippen LogP contribution in [-0.2, 0) is 12.8 Å². The maximum absolute atomic E-state index is 12.9. The van der Waals surface area contributed by atoms with Crippen LogP contribution >= 0.6 is 0 Å². The lowest BCUT2D eigenvalue weighted by Crippen LogP contribution is -2.50. The SMILES string of the molecule is CCOc1ccccc1N1CCN(C(=O)Nc2c(CC)cccc2CC)CC1. The van der Waals surface area contributed by atoms with Gasteiger partial charge in [-0.2, -0.15) is 0 Å². The molecule has 1 fully saturated rings. The van der Waals surface area contributed by atoms with Gasteiger partial charge in [-0.15, -0.1) is 0 Å². The Balaban J connectivity index is 1.65. The van der Waals surface area contributed by atoms with Gasteiger partial charge in [0, 0.05) is 31.9 Å². The zero-order chi connectivity index (χ0) is 19.9. The first kappa shape index (κ1) is 20.1. The number of amides is 2. The third-order valence-corrected chi connectivity index (χ3v) is 5.30. The quantitative estimate of drug-likeness (QED) is 0.797. The first-order chi connectivity index (χ1) is 13.7. The maximum Gasteiger partial charge on any atom is 0.321 e. The summed E-state index contributed by atoms with van der Waals surface area (Å²) >= 11 is 0. The molecule has 0 spiro atoms. The summed E-state index contributed by atoms with van der Waals surface area (Å²) in [7, 11) is 0. The second kappa shape index (κ2) is 9.49. The van der Waals surface area contributed by atoms with Gasteiger partial charge in [0.15, 0.2) is 0 Å². The molecule has 1 N–H and O–H groups in total. The normalized spacial score (nSPS) is 14.1. The van der Waals surface area contributed by atoms with Crippen LogP contribution in [0, 0.1) is 0 Å². The zero-order valence-corrected chi connectivity index (χ0v) is 17.2. The van der Waals surface area contributed by atoms with E-state index in [0.717, 1.165) is 43.1 Å². The molecule has 2 aromatic rings. The molecule has 3 rings (SSSR count). The number of urea groups is 1. The van der Waals surface area contributed by atoms with Gasteiger partial charge in [-0.25, -0.2) is 4.79 Å². The van der Waals surface area contributed by atoms with Gasteiger partial charge in [0.2, 0.25) is 0 Å². The number of benzene rings is 2. The Kier molecular flexibility index (Phi) is 6.80. The van der Waals surface area contributed by atoms with Crippen LogP contribution in [0.25, 0.3) is 0 Å². The van der Waals surface area contributed by atoms with Gasteiger partial charge in [-0.3, -0.25) is 0 Å². The number of ether oxygens (including phenoxy) is 1. The Morgan fingerprint density at radius 3 is 2.18 bits per heavy atom. The van der Waals surface area contributed by atoms with Gasteiger partial charge >= 0.3 is 6.03 Å². The first-order valence-electron chi connectivity index (χ1n) is 10.3. The summed E-state index contributed by atoms with van der Waals surface area (Å²) in [6, 6.07) is 14.4. The minimum atomic E-state index is -0.00616. The second-order valence-corrected chi connectivity index (χ2v) is 6.96. The molecule has 0 aromatic heterocycles. The van der Waals surface area contributed by atoms with Crippen molar-refractivity contribution in [3.8, 4) is 5.75 Å². The summed E-state index contributed by atoms with van der Waals surface area (Å²) in [6.07, 6.45) is 1.82. The molecular weight excluding hydrogens is 350 g/mol. The average molecular weight is 382 g/mol. The highest BCUT2D eigenvalue weighted by atomic mass is 16.5. The molecule has 1 heterocycles. The first-order valence-corrected chi connectivity index (χ1v) is 10.3. The predicted molar refractivity (Wildman–Crippen MR) is 116 cm³/mol. The molecule has 5 heteroatoms. The topological polar surface area (TPSA) is 44.8 Å². The largest absolute Gasteiger partial charge is 0.492 e. The Morgan fingerprint density at radius 2 is 1.57 bits per heavy atom. The standard InChI is InChI=1S/C23H31N3O2/c1-4-18-10-9-11-19(5-2)22(18)24-23(27)26-16-14-25(15-17-26)20-12-7-8-13-21(20)28-6-3/h7-13H,4-6,14-17H2,1-3H3,(H,24,27). The molecule has 28 heavy (non-hydrogen) atoms. The highest BCUT2D eigenvalue weighted by molar-refractivity contribution is 5.91. The Morgan fingerprint density at radius 1 is 0.929 bits per heavy atom. The molecular formula is C23H31N3O2. The van der Waals surface area contributed by atoms with Gasteiger partial charge in [-0.05, 0) is 43.0 Å². The van der Waals surface area contributed by atoms with Crippen molar-refractivity contribution < 1.29 is 9.53 Å².